The Kier molecular flexibility index (Phi) is 4.41. The highest BCUT2D eigenvalue weighted by Crippen LogP contribution is 2.30. The lowest BCUT2D eigenvalue weighted by Gasteiger charge is -2.24. The van der Waals surface area contributed by atoms with Crippen molar-refractivity contribution in [2.24, 2.45) is 0 Å². The predicted molar refractivity (Wildman–Crippen MR) is 78.5 cm³/mol. The third kappa shape index (κ3) is 2.99. The van der Waals surface area contributed by atoms with Gasteiger partial charge in [-0.1, -0.05) is 19.1 Å². The zero-order valence-electron chi connectivity index (χ0n) is 11.1. The zero-order valence-corrected chi connectivity index (χ0v) is 12.8. The second kappa shape index (κ2) is 5.75. The van der Waals surface area contributed by atoms with Crippen LogP contribution in [0.3, 0.4) is 0 Å². The van der Waals surface area contributed by atoms with Gasteiger partial charge in [0.1, 0.15) is 5.54 Å². The number of carboxylic acid groups (broad SMARTS) is 1. The topological polar surface area (TPSA) is 83.5 Å². The predicted octanol–water partition coefficient (Wildman–Crippen LogP) is 1.49. The first-order chi connectivity index (χ1) is 9.39. The van der Waals surface area contributed by atoms with Gasteiger partial charge in [-0.3, -0.25) is 4.79 Å². The molecule has 1 aromatic carbocycles. The van der Waals surface area contributed by atoms with Crippen LogP contribution in [0.2, 0.25) is 0 Å². The minimum atomic E-state index is -3.82. The average Bonchev–Trinajstić information content (AvgIpc) is 2.88. The van der Waals surface area contributed by atoms with E-state index in [-0.39, 0.29) is 10.6 Å². The lowest BCUT2D eigenvalue weighted by molar-refractivity contribution is -0.142. The first kappa shape index (κ1) is 15.3. The van der Waals surface area contributed by atoms with Gasteiger partial charge in [0.05, 0.1) is 4.90 Å². The van der Waals surface area contributed by atoms with Crippen molar-refractivity contribution >= 4 is 27.8 Å². The Hall–Kier alpha value is -1.05. The minimum Gasteiger partial charge on any atom is -0.480 e. The van der Waals surface area contributed by atoms with Gasteiger partial charge < -0.3 is 5.11 Å². The number of benzene rings is 1. The second-order valence-corrected chi connectivity index (χ2v) is 7.58. The van der Waals surface area contributed by atoms with E-state index in [0.29, 0.717) is 12.2 Å². The van der Waals surface area contributed by atoms with E-state index in [2.05, 4.69) is 4.72 Å². The average molecular weight is 315 g/mol. The summed E-state index contributed by atoms with van der Waals surface area (Å²) in [6.07, 6.45) is 1.13. The Labute approximate surface area is 122 Å². The molecule has 1 aliphatic rings. The van der Waals surface area contributed by atoms with Crippen LogP contribution in [0.5, 0.6) is 0 Å². The molecule has 0 aliphatic carbocycles. The molecule has 1 atom stereocenters. The fourth-order valence-electron chi connectivity index (χ4n) is 2.08. The molecular formula is C13H17NO4S2. The standard InChI is InChI=1S/C13H17NO4S2/c1-2-10-3-5-11(6-4-10)20(17,18)14-13(12(15)16)7-8-19-9-13/h3-6,14H,2,7-9H2,1H3,(H,15,16). The van der Waals surface area contributed by atoms with Crippen LogP contribution in [-0.4, -0.2) is 36.5 Å². The Morgan fingerprint density at radius 3 is 2.50 bits per heavy atom. The van der Waals surface area contributed by atoms with Crippen LogP contribution >= 0.6 is 11.8 Å². The van der Waals surface area contributed by atoms with E-state index < -0.39 is 21.5 Å². The normalized spacial score (nSPS) is 22.9. The summed E-state index contributed by atoms with van der Waals surface area (Å²) in [4.78, 5) is 11.5. The van der Waals surface area contributed by atoms with Gasteiger partial charge in [0.15, 0.2) is 0 Å². The number of hydrogen-bond acceptors (Lipinski definition) is 4. The number of carbonyl (C=O) groups is 1. The van der Waals surface area contributed by atoms with Gasteiger partial charge in [-0.15, -0.1) is 0 Å². The van der Waals surface area contributed by atoms with Crippen molar-refractivity contribution in [3.8, 4) is 0 Å². The molecule has 2 N–H and O–H groups in total. The molecule has 20 heavy (non-hydrogen) atoms. The fourth-order valence-corrected chi connectivity index (χ4v) is 4.88. The van der Waals surface area contributed by atoms with Gasteiger partial charge >= 0.3 is 5.97 Å². The maximum Gasteiger partial charge on any atom is 0.325 e. The summed E-state index contributed by atoms with van der Waals surface area (Å²) >= 11 is 1.44. The lowest BCUT2D eigenvalue weighted by Crippen LogP contribution is -2.54. The third-order valence-corrected chi connectivity index (χ3v) is 6.14. The van der Waals surface area contributed by atoms with Crippen LogP contribution in [-0.2, 0) is 21.2 Å². The maximum atomic E-state index is 12.3. The van der Waals surface area contributed by atoms with E-state index in [9.17, 15) is 18.3 Å². The van der Waals surface area contributed by atoms with Gasteiger partial charge in [-0.05, 0) is 36.3 Å². The molecule has 2 rings (SSSR count). The summed E-state index contributed by atoms with van der Waals surface area (Å²) in [6.45, 7) is 1.98. The van der Waals surface area contributed by atoms with Crippen LogP contribution < -0.4 is 4.72 Å². The van der Waals surface area contributed by atoms with E-state index in [1.54, 1.807) is 12.1 Å². The molecule has 0 amide bonds. The quantitative estimate of drug-likeness (QED) is 0.860. The molecule has 1 saturated heterocycles. The van der Waals surface area contributed by atoms with Crippen LogP contribution in [0.1, 0.15) is 18.9 Å². The SMILES string of the molecule is CCc1ccc(S(=O)(=O)NC2(C(=O)O)CCSC2)cc1. The Bertz CT molecular complexity index is 589. The van der Waals surface area contributed by atoms with Gasteiger partial charge in [-0.2, -0.15) is 16.5 Å². The van der Waals surface area contributed by atoms with Crippen molar-refractivity contribution in [1.82, 2.24) is 4.72 Å². The van der Waals surface area contributed by atoms with Crippen molar-refractivity contribution in [1.29, 1.82) is 0 Å². The van der Waals surface area contributed by atoms with Crippen LogP contribution in [0.4, 0.5) is 0 Å². The number of carboxylic acids is 1. The lowest BCUT2D eigenvalue weighted by atomic mass is 10.0. The number of aliphatic carboxylic acids is 1. The van der Waals surface area contributed by atoms with Crippen molar-refractivity contribution in [3.63, 3.8) is 0 Å². The zero-order chi connectivity index (χ0) is 14.8. The van der Waals surface area contributed by atoms with Gasteiger partial charge in [-0.25, -0.2) is 8.42 Å². The number of thioether (sulfide) groups is 1. The van der Waals surface area contributed by atoms with E-state index >= 15 is 0 Å². The highest BCUT2D eigenvalue weighted by atomic mass is 32.2. The van der Waals surface area contributed by atoms with Crippen LogP contribution in [0.25, 0.3) is 0 Å². The monoisotopic (exact) mass is 315 g/mol. The second-order valence-electron chi connectivity index (χ2n) is 4.79. The fraction of sp³-hybridized carbons (Fsp3) is 0.462. The van der Waals surface area contributed by atoms with E-state index in [4.69, 9.17) is 0 Å². The number of rotatable bonds is 5. The summed E-state index contributed by atoms with van der Waals surface area (Å²) in [5.41, 5.74) is -0.347. The van der Waals surface area contributed by atoms with E-state index in [1.807, 2.05) is 6.92 Å². The summed E-state index contributed by atoms with van der Waals surface area (Å²) in [5.74, 6) is -0.214. The molecule has 7 heteroatoms. The summed E-state index contributed by atoms with van der Waals surface area (Å²) in [7, 11) is -3.82. The van der Waals surface area contributed by atoms with Gasteiger partial charge in [0, 0.05) is 5.75 Å². The van der Waals surface area contributed by atoms with Crippen LogP contribution in [0.15, 0.2) is 29.2 Å². The van der Waals surface area contributed by atoms with Crippen LogP contribution in [0, 0.1) is 0 Å². The molecule has 0 radical (unpaired) electrons. The molecule has 1 aromatic rings. The van der Waals surface area contributed by atoms with E-state index in [1.165, 1.54) is 23.9 Å². The van der Waals surface area contributed by atoms with Crippen molar-refractivity contribution in [3.05, 3.63) is 29.8 Å². The first-order valence-corrected chi connectivity index (χ1v) is 8.97. The third-order valence-electron chi connectivity index (χ3n) is 3.40. The van der Waals surface area contributed by atoms with Gasteiger partial charge in [0.25, 0.3) is 0 Å². The van der Waals surface area contributed by atoms with Gasteiger partial charge in [0.2, 0.25) is 10.0 Å². The number of nitrogens with one attached hydrogen (secondary N) is 1. The molecule has 0 saturated carbocycles. The molecule has 1 heterocycles. The van der Waals surface area contributed by atoms with Crippen molar-refractivity contribution < 1.29 is 18.3 Å². The van der Waals surface area contributed by atoms with Crippen molar-refractivity contribution in [2.45, 2.75) is 30.2 Å². The smallest absolute Gasteiger partial charge is 0.325 e. The van der Waals surface area contributed by atoms with Crippen molar-refractivity contribution in [2.75, 3.05) is 11.5 Å². The Morgan fingerprint density at radius 1 is 1.40 bits per heavy atom. The molecule has 0 bridgehead atoms. The number of sulfonamides is 1. The molecule has 1 unspecified atom stereocenters. The summed E-state index contributed by atoms with van der Waals surface area (Å²) in [6, 6.07) is 6.51. The molecule has 5 nitrogen and oxygen atoms in total. The molecule has 0 spiro atoms. The molecule has 1 fully saturated rings. The maximum absolute atomic E-state index is 12.3. The minimum absolute atomic E-state index is 0.104. The largest absolute Gasteiger partial charge is 0.480 e. The number of hydrogen-bond donors (Lipinski definition) is 2. The number of aryl methyl sites for hydroxylation is 1. The Morgan fingerprint density at radius 2 is 2.05 bits per heavy atom. The highest BCUT2D eigenvalue weighted by molar-refractivity contribution is 7.99. The molecule has 1 aliphatic heterocycles. The highest BCUT2D eigenvalue weighted by Gasteiger charge is 2.45. The first-order valence-electron chi connectivity index (χ1n) is 6.34. The Balaban J connectivity index is 2.27. The molecule has 110 valence electrons. The summed E-state index contributed by atoms with van der Waals surface area (Å²) in [5, 5.41) is 9.32. The molecular weight excluding hydrogens is 298 g/mol. The summed E-state index contributed by atoms with van der Waals surface area (Å²) < 4.78 is 27.0. The molecule has 0 aromatic heterocycles. The van der Waals surface area contributed by atoms with E-state index in [0.717, 1.165) is 12.0 Å².